The van der Waals surface area contributed by atoms with Gasteiger partial charge in [-0.1, -0.05) is 19.3 Å². The number of aromatic nitrogens is 2. The average Bonchev–Trinajstić information content (AvgIpc) is 2.39. The molecule has 94 valence electrons. The first-order valence-electron chi connectivity index (χ1n) is 6.01. The summed E-state index contributed by atoms with van der Waals surface area (Å²) in [6, 6.07) is 0. The van der Waals surface area contributed by atoms with Crippen LogP contribution in [0.25, 0.3) is 0 Å². The minimum atomic E-state index is 0.258. The van der Waals surface area contributed by atoms with E-state index in [4.69, 9.17) is 11.6 Å². The highest BCUT2D eigenvalue weighted by Crippen LogP contribution is 2.37. The molecule has 1 aliphatic rings. The van der Waals surface area contributed by atoms with Gasteiger partial charge in [0.2, 0.25) is 0 Å². The standard InChI is InChI=1S/C12H17ClIN3/c13-7-12(4-2-1-3-5-12)8-16-11-10(14)6-15-9-17-11/h6,9H,1-5,7-8H2,(H,15,16,17). The molecule has 0 unspecified atom stereocenters. The van der Waals surface area contributed by atoms with Crippen LogP contribution in [0.5, 0.6) is 0 Å². The zero-order valence-corrected chi connectivity index (χ0v) is 12.7. The molecule has 1 fully saturated rings. The summed E-state index contributed by atoms with van der Waals surface area (Å²) < 4.78 is 1.06. The molecule has 1 saturated carbocycles. The third-order valence-corrected chi connectivity index (χ3v) is 4.85. The Morgan fingerprint density at radius 1 is 1.35 bits per heavy atom. The van der Waals surface area contributed by atoms with Gasteiger partial charge in [0.05, 0.1) is 3.57 Å². The molecule has 0 spiro atoms. The van der Waals surface area contributed by atoms with Crippen LogP contribution < -0.4 is 5.32 Å². The van der Waals surface area contributed by atoms with Gasteiger partial charge in [0.25, 0.3) is 0 Å². The summed E-state index contributed by atoms with van der Waals surface area (Å²) in [5, 5.41) is 3.43. The summed E-state index contributed by atoms with van der Waals surface area (Å²) >= 11 is 8.42. The maximum atomic E-state index is 6.17. The van der Waals surface area contributed by atoms with Gasteiger partial charge in [-0.25, -0.2) is 9.97 Å². The van der Waals surface area contributed by atoms with Gasteiger partial charge in [0.15, 0.2) is 0 Å². The van der Waals surface area contributed by atoms with Gasteiger partial charge in [0, 0.05) is 24.0 Å². The van der Waals surface area contributed by atoms with Crippen molar-refractivity contribution in [3.63, 3.8) is 0 Å². The van der Waals surface area contributed by atoms with E-state index in [0.717, 1.165) is 21.8 Å². The molecule has 0 aliphatic heterocycles. The molecule has 0 bridgehead atoms. The van der Waals surface area contributed by atoms with E-state index in [-0.39, 0.29) is 5.41 Å². The van der Waals surface area contributed by atoms with Crippen molar-refractivity contribution in [3.8, 4) is 0 Å². The minimum Gasteiger partial charge on any atom is -0.368 e. The van der Waals surface area contributed by atoms with Crippen LogP contribution in [0.2, 0.25) is 0 Å². The number of anilines is 1. The van der Waals surface area contributed by atoms with Crippen LogP contribution >= 0.6 is 34.2 Å². The van der Waals surface area contributed by atoms with E-state index in [1.165, 1.54) is 32.1 Å². The highest BCUT2D eigenvalue weighted by molar-refractivity contribution is 14.1. The van der Waals surface area contributed by atoms with E-state index in [0.29, 0.717) is 0 Å². The molecule has 0 atom stereocenters. The normalized spacial score (nSPS) is 18.9. The summed E-state index contributed by atoms with van der Waals surface area (Å²) in [7, 11) is 0. The number of rotatable bonds is 4. The second-order valence-electron chi connectivity index (χ2n) is 4.77. The van der Waals surface area contributed by atoms with Gasteiger partial charge in [-0.3, -0.25) is 0 Å². The SMILES string of the molecule is ClCC1(CNc2ncncc2I)CCCCC1. The Balaban J connectivity index is 1.98. The Morgan fingerprint density at radius 3 is 2.76 bits per heavy atom. The fourth-order valence-electron chi connectivity index (χ4n) is 2.37. The predicted molar refractivity (Wildman–Crippen MR) is 79.5 cm³/mol. The van der Waals surface area contributed by atoms with Gasteiger partial charge in [0.1, 0.15) is 12.1 Å². The van der Waals surface area contributed by atoms with Crippen LogP contribution in [0.15, 0.2) is 12.5 Å². The first kappa shape index (κ1) is 13.3. The zero-order chi connectivity index (χ0) is 12.1. The van der Waals surface area contributed by atoms with Crippen molar-refractivity contribution in [1.82, 2.24) is 9.97 Å². The van der Waals surface area contributed by atoms with Crippen LogP contribution in [0.3, 0.4) is 0 Å². The lowest BCUT2D eigenvalue weighted by molar-refractivity contribution is 0.238. The van der Waals surface area contributed by atoms with Crippen molar-refractivity contribution >= 4 is 40.0 Å². The van der Waals surface area contributed by atoms with Crippen LogP contribution in [0, 0.1) is 8.99 Å². The summed E-state index contributed by atoms with van der Waals surface area (Å²) in [5.74, 6) is 1.66. The molecule has 0 radical (unpaired) electrons. The number of nitrogens with one attached hydrogen (secondary N) is 1. The molecule has 2 rings (SSSR count). The van der Waals surface area contributed by atoms with E-state index in [1.807, 2.05) is 6.20 Å². The minimum absolute atomic E-state index is 0.258. The molecule has 1 N–H and O–H groups in total. The topological polar surface area (TPSA) is 37.8 Å². The maximum Gasteiger partial charge on any atom is 0.142 e. The van der Waals surface area contributed by atoms with Crippen molar-refractivity contribution in [2.24, 2.45) is 5.41 Å². The molecular formula is C12H17ClIN3. The number of alkyl halides is 1. The molecule has 0 saturated heterocycles. The van der Waals surface area contributed by atoms with Crippen molar-refractivity contribution in [1.29, 1.82) is 0 Å². The summed E-state index contributed by atoms with van der Waals surface area (Å²) in [6.07, 6.45) is 9.81. The number of hydrogen-bond donors (Lipinski definition) is 1. The van der Waals surface area contributed by atoms with Crippen molar-refractivity contribution < 1.29 is 0 Å². The second-order valence-corrected chi connectivity index (χ2v) is 6.20. The third kappa shape index (κ3) is 3.44. The highest BCUT2D eigenvalue weighted by atomic mass is 127. The highest BCUT2D eigenvalue weighted by Gasteiger charge is 2.31. The Bertz CT molecular complexity index is 367. The van der Waals surface area contributed by atoms with Crippen LogP contribution in [-0.2, 0) is 0 Å². The van der Waals surface area contributed by atoms with E-state index in [9.17, 15) is 0 Å². The molecule has 0 aromatic carbocycles. The van der Waals surface area contributed by atoms with E-state index in [2.05, 4.69) is 37.9 Å². The summed E-state index contributed by atoms with van der Waals surface area (Å²) in [4.78, 5) is 8.25. The molecule has 1 aliphatic carbocycles. The number of halogens is 2. The van der Waals surface area contributed by atoms with Gasteiger partial charge < -0.3 is 5.32 Å². The lowest BCUT2D eigenvalue weighted by Gasteiger charge is -2.35. The quantitative estimate of drug-likeness (QED) is 0.653. The Morgan fingerprint density at radius 2 is 2.12 bits per heavy atom. The van der Waals surface area contributed by atoms with Crippen LogP contribution in [0.1, 0.15) is 32.1 Å². The van der Waals surface area contributed by atoms with Crippen LogP contribution in [-0.4, -0.2) is 22.4 Å². The van der Waals surface area contributed by atoms with Gasteiger partial charge in [-0.2, -0.15) is 0 Å². The van der Waals surface area contributed by atoms with Gasteiger partial charge in [-0.15, -0.1) is 11.6 Å². The molecule has 5 heteroatoms. The lowest BCUT2D eigenvalue weighted by Crippen LogP contribution is -2.34. The van der Waals surface area contributed by atoms with Gasteiger partial charge >= 0.3 is 0 Å². The van der Waals surface area contributed by atoms with E-state index < -0.39 is 0 Å². The summed E-state index contributed by atoms with van der Waals surface area (Å²) in [5.41, 5.74) is 0.258. The van der Waals surface area contributed by atoms with Crippen molar-refractivity contribution in [2.75, 3.05) is 17.7 Å². The smallest absolute Gasteiger partial charge is 0.142 e. The second kappa shape index (κ2) is 6.18. The largest absolute Gasteiger partial charge is 0.368 e. The van der Waals surface area contributed by atoms with Crippen LogP contribution in [0.4, 0.5) is 5.82 Å². The first-order chi connectivity index (χ1) is 8.26. The molecule has 0 amide bonds. The fourth-order valence-corrected chi connectivity index (χ4v) is 3.23. The lowest BCUT2D eigenvalue weighted by atomic mass is 9.75. The molecule has 1 heterocycles. The molecule has 1 aromatic heterocycles. The fraction of sp³-hybridized carbons (Fsp3) is 0.667. The summed E-state index contributed by atoms with van der Waals surface area (Å²) in [6.45, 7) is 0.920. The Hall–Kier alpha value is -0.100. The van der Waals surface area contributed by atoms with E-state index in [1.54, 1.807) is 6.33 Å². The average molecular weight is 366 g/mol. The molecule has 1 aromatic rings. The van der Waals surface area contributed by atoms with Crippen molar-refractivity contribution in [3.05, 3.63) is 16.1 Å². The Kier molecular flexibility index (Phi) is 4.85. The molecular weight excluding hydrogens is 349 g/mol. The monoisotopic (exact) mass is 365 g/mol. The predicted octanol–water partition coefficient (Wildman–Crippen LogP) is 3.68. The third-order valence-electron chi connectivity index (χ3n) is 3.50. The van der Waals surface area contributed by atoms with Crippen molar-refractivity contribution in [2.45, 2.75) is 32.1 Å². The number of hydrogen-bond acceptors (Lipinski definition) is 3. The first-order valence-corrected chi connectivity index (χ1v) is 7.62. The maximum absolute atomic E-state index is 6.17. The van der Waals surface area contributed by atoms with E-state index >= 15 is 0 Å². The van der Waals surface area contributed by atoms with Gasteiger partial charge in [-0.05, 0) is 35.4 Å². The molecule has 17 heavy (non-hydrogen) atoms. The molecule has 3 nitrogen and oxygen atoms in total. The number of nitrogens with zero attached hydrogens (tertiary/aromatic N) is 2. The Labute approximate surface area is 121 Å². The zero-order valence-electron chi connectivity index (χ0n) is 9.75.